The van der Waals surface area contributed by atoms with Crippen molar-refractivity contribution in [1.82, 2.24) is 10.9 Å². The number of nitrogens with one attached hydrogen (secondary N) is 2. The second-order valence-electron chi connectivity index (χ2n) is 5.78. The summed E-state index contributed by atoms with van der Waals surface area (Å²) in [4.78, 5) is 38.1. The third-order valence-electron chi connectivity index (χ3n) is 4.06. The molecule has 134 valence electrons. The number of hydrazine groups is 1. The molecule has 0 bridgehead atoms. The second-order valence-corrected chi connectivity index (χ2v) is 6.59. The summed E-state index contributed by atoms with van der Waals surface area (Å²) in [5.74, 6) is -1.77. The molecule has 2 aromatic rings. The molecular formula is C18H15Cl2N3O3. The summed E-state index contributed by atoms with van der Waals surface area (Å²) in [6.07, 6.45) is 0.0407. The lowest BCUT2D eigenvalue weighted by atomic mass is 10.1. The van der Waals surface area contributed by atoms with Crippen molar-refractivity contribution in [1.29, 1.82) is 0 Å². The summed E-state index contributed by atoms with van der Waals surface area (Å²) in [5.41, 5.74) is 5.48. The minimum atomic E-state index is -0.592. The Bertz CT molecular complexity index is 872. The molecule has 1 aliphatic heterocycles. The van der Waals surface area contributed by atoms with Crippen molar-refractivity contribution in [3.63, 3.8) is 0 Å². The highest BCUT2D eigenvalue weighted by Gasteiger charge is 2.36. The van der Waals surface area contributed by atoms with Crippen molar-refractivity contribution in [2.45, 2.75) is 6.42 Å². The van der Waals surface area contributed by atoms with Crippen LogP contribution in [0.2, 0.25) is 10.0 Å². The summed E-state index contributed by atoms with van der Waals surface area (Å²) in [6, 6.07) is 13.4. The Labute approximate surface area is 160 Å². The maximum absolute atomic E-state index is 12.3. The van der Waals surface area contributed by atoms with Crippen molar-refractivity contribution >= 4 is 46.6 Å². The molecule has 0 saturated carbocycles. The van der Waals surface area contributed by atoms with Crippen LogP contribution in [0.3, 0.4) is 0 Å². The fraction of sp³-hybridized carbons (Fsp3) is 0.167. The normalized spacial score (nSPS) is 16.5. The van der Waals surface area contributed by atoms with E-state index in [0.29, 0.717) is 10.7 Å². The van der Waals surface area contributed by atoms with Crippen LogP contribution in [0.1, 0.15) is 16.8 Å². The standard InChI is InChI=1S/C18H15Cl2N3O3/c19-13-6-2-1-5-12(13)18(26)22-21-17(25)11-9-16(24)23(10-11)15-8-4-3-7-14(15)20/h1-8,11H,9-10H2,(H,21,25)(H,22,26)/t11-/m0/s1. The van der Waals surface area contributed by atoms with Crippen LogP contribution in [0, 0.1) is 5.92 Å². The summed E-state index contributed by atoms with van der Waals surface area (Å²) >= 11 is 12.1. The Balaban J connectivity index is 1.61. The van der Waals surface area contributed by atoms with E-state index in [-0.39, 0.29) is 29.5 Å². The fourth-order valence-corrected chi connectivity index (χ4v) is 3.18. The lowest BCUT2D eigenvalue weighted by Crippen LogP contribution is -2.45. The first-order valence-corrected chi connectivity index (χ1v) is 8.62. The number of amides is 3. The Morgan fingerprint density at radius 1 is 0.962 bits per heavy atom. The molecule has 1 aliphatic rings. The van der Waals surface area contributed by atoms with Crippen molar-refractivity contribution in [3.05, 3.63) is 64.1 Å². The van der Waals surface area contributed by atoms with Crippen LogP contribution in [-0.2, 0) is 9.59 Å². The van der Waals surface area contributed by atoms with Gasteiger partial charge in [0.25, 0.3) is 5.91 Å². The number of carbonyl (C=O) groups is 3. The number of anilines is 1. The van der Waals surface area contributed by atoms with E-state index in [2.05, 4.69) is 10.9 Å². The molecule has 2 aromatic carbocycles. The van der Waals surface area contributed by atoms with Gasteiger partial charge >= 0.3 is 0 Å². The first kappa shape index (κ1) is 18.2. The topological polar surface area (TPSA) is 78.5 Å². The zero-order valence-corrected chi connectivity index (χ0v) is 15.1. The van der Waals surface area contributed by atoms with Gasteiger partial charge in [0.2, 0.25) is 11.8 Å². The van der Waals surface area contributed by atoms with Gasteiger partial charge in [0.15, 0.2) is 0 Å². The van der Waals surface area contributed by atoms with E-state index in [0.717, 1.165) is 0 Å². The number of halogens is 2. The van der Waals surface area contributed by atoms with Gasteiger partial charge in [0.05, 0.1) is 27.2 Å². The largest absolute Gasteiger partial charge is 0.310 e. The van der Waals surface area contributed by atoms with Crippen molar-refractivity contribution in [3.8, 4) is 0 Å². The molecule has 26 heavy (non-hydrogen) atoms. The average molecular weight is 392 g/mol. The van der Waals surface area contributed by atoms with Crippen molar-refractivity contribution in [2.75, 3.05) is 11.4 Å². The van der Waals surface area contributed by atoms with Crippen LogP contribution in [0.5, 0.6) is 0 Å². The minimum absolute atomic E-state index is 0.0407. The Kier molecular flexibility index (Phi) is 5.44. The van der Waals surface area contributed by atoms with E-state index >= 15 is 0 Å². The number of hydrogen-bond acceptors (Lipinski definition) is 3. The summed E-state index contributed by atoms with van der Waals surface area (Å²) in [5, 5.41) is 0.717. The van der Waals surface area contributed by atoms with Crippen LogP contribution >= 0.6 is 23.2 Å². The lowest BCUT2D eigenvalue weighted by Gasteiger charge is -2.18. The van der Waals surface area contributed by atoms with Gasteiger partial charge in [-0.15, -0.1) is 0 Å². The van der Waals surface area contributed by atoms with Gasteiger partial charge in [-0.1, -0.05) is 47.5 Å². The predicted molar refractivity (Wildman–Crippen MR) is 99.0 cm³/mol. The van der Waals surface area contributed by atoms with Gasteiger partial charge in [-0.05, 0) is 24.3 Å². The highest BCUT2D eigenvalue weighted by atomic mass is 35.5. The molecule has 8 heteroatoms. The summed E-state index contributed by atoms with van der Waals surface area (Å²) < 4.78 is 0. The first-order valence-electron chi connectivity index (χ1n) is 7.87. The van der Waals surface area contributed by atoms with Gasteiger partial charge < -0.3 is 4.90 Å². The van der Waals surface area contributed by atoms with E-state index in [4.69, 9.17) is 23.2 Å². The van der Waals surface area contributed by atoms with Gasteiger partial charge in [-0.2, -0.15) is 0 Å². The average Bonchev–Trinajstić information content (AvgIpc) is 3.02. The quantitative estimate of drug-likeness (QED) is 0.789. The first-order chi connectivity index (χ1) is 12.5. The lowest BCUT2D eigenvalue weighted by molar-refractivity contribution is -0.126. The Hall–Kier alpha value is -2.57. The number of hydrogen-bond donors (Lipinski definition) is 2. The van der Waals surface area contributed by atoms with Crippen LogP contribution in [0.15, 0.2) is 48.5 Å². The van der Waals surface area contributed by atoms with E-state index in [1.54, 1.807) is 48.5 Å². The summed E-state index contributed by atoms with van der Waals surface area (Å²) in [6.45, 7) is 0.191. The zero-order chi connectivity index (χ0) is 18.7. The molecule has 0 spiro atoms. The number of carbonyl (C=O) groups excluding carboxylic acids is 3. The SMILES string of the molecule is O=C(NNC(=O)[C@H]1CC(=O)N(c2ccccc2Cl)C1)c1ccccc1Cl. The van der Waals surface area contributed by atoms with Crippen LogP contribution in [0.25, 0.3) is 0 Å². The van der Waals surface area contributed by atoms with Gasteiger partial charge in [-0.25, -0.2) is 0 Å². The van der Waals surface area contributed by atoms with E-state index < -0.39 is 17.7 Å². The number of benzene rings is 2. The maximum Gasteiger partial charge on any atom is 0.271 e. The minimum Gasteiger partial charge on any atom is -0.310 e. The summed E-state index contributed by atoms with van der Waals surface area (Å²) in [7, 11) is 0. The van der Waals surface area contributed by atoms with E-state index in [1.165, 1.54) is 4.90 Å². The molecule has 0 unspecified atom stereocenters. The smallest absolute Gasteiger partial charge is 0.271 e. The monoisotopic (exact) mass is 391 g/mol. The van der Waals surface area contributed by atoms with Crippen LogP contribution in [0.4, 0.5) is 5.69 Å². The fourth-order valence-electron chi connectivity index (χ4n) is 2.72. The number of nitrogens with zero attached hydrogens (tertiary/aromatic N) is 1. The molecule has 1 saturated heterocycles. The zero-order valence-electron chi connectivity index (χ0n) is 13.5. The van der Waals surface area contributed by atoms with Crippen molar-refractivity contribution in [2.24, 2.45) is 5.92 Å². The van der Waals surface area contributed by atoms with Crippen LogP contribution in [-0.4, -0.2) is 24.3 Å². The van der Waals surface area contributed by atoms with Gasteiger partial charge in [0, 0.05) is 13.0 Å². The van der Waals surface area contributed by atoms with E-state index in [9.17, 15) is 14.4 Å². The highest BCUT2D eigenvalue weighted by molar-refractivity contribution is 6.34. The highest BCUT2D eigenvalue weighted by Crippen LogP contribution is 2.30. The third-order valence-corrected chi connectivity index (χ3v) is 4.71. The maximum atomic E-state index is 12.3. The molecule has 3 amide bonds. The molecule has 2 N–H and O–H groups in total. The molecule has 3 rings (SSSR count). The number of rotatable bonds is 3. The van der Waals surface area contributed by atoms with Crippen LogP contribution < -0.4 is 15.8 Å². The Morgan fingerprint density at radius 3 is 2.31 bits per heavy atom. The van der Waals surface area contributed by atoms with E-state index in [1.807, 2.05) is 0 Å². The molecule has 1 heterocycles. The number of para-hydroxylation sites is 1. The molecule has 1 atom stereocenters. The molecule has 0 radical (unpaired) electrons. The molecule has 6 nitrogen and oxygen atoms in total. The van der Waals surface area contributed by atoms with Gasteiger partial charge in [-0.3, -0.25) is 25.2 Å². The molecule has 0 aromatic heterocycles. The molecule has 0 aliphatic carbocycles. The predicted octanol–water partition coefficient (Wildman–Crippen LogP) is 2.81. The molecule has 1 fully saturated rings. The third kappa shape index (κ3) is 3.81. The van der Waals surface area contributed by atoms with Crippen molar-refractivity contribution < 1.29 is 14.4 Å². The van der Waals surface area contributed by atoms with Gasteiger partial charge in [0.1, 0.15) is 0 Å². The second kappa shape index (κ2) is 7.76. The Morgan fingerprint density at radius 2 is 1.62 bits per heavy atom. The molecular weight excluding hydrogens is 377 g/mol.